The number of aliphatic hydroxyl groups excluding tert-OH is 1. The summed E-state index contributed by atoms with van der Waals surface area (Å²) in [6, 6.07) is 8.62. The smallest absolute Gasteiger partial charge is 0.0820 e. The average Bonchev–Trinajstić information content (AvgIpc) is 3.00. The lowest BCUT2D eigenvalue weighted by atomic mass is 9.82. The molecule has 1 N–H and O–H groups in total. The monoisotopic (exact) mass is 244 g/mol. The quantitative estimate of drug-likeness (QED) is 0.841. The normalized spacial score (nSPS) is 32.1. The molecule has 1 nitrogen and oxygen atoms in total. The largest absolute Gasteiger partial charge is 0.388 e. The highest BCUT2D eigenvalue weighted by Crippen LogP contribution is 2.52. The molecule has 4 atom stereocenters. The minimum Gasteiger partial charge on any atom is -0.388 e. The maximum atomic E-state index is 10.6. The summed E-state index contributed by atoms with van der Waals surface area (Å²) >= 11 is 0. The van der Waals surface area contributed by atoms with Gasteiger partial charge in [0.2, 0.25) is 0 Å². The van der Waals surface area contributed by atoms with E-state index in [9.17, 15) is 5.11 Å². The zero-order chi connectivity index (χ0) is 12.7. The average molecular weight is 244 g/mol. The van der Waals surface area contributed by atoms with E-state index in [0.29, 0.717) is 11.8 Å². The van der Waals surface area contributed by atoms with Crippen LogP contribution in [0, 0.1) is 17.8 Å². The summed E-state index contributed by atoms with van der Waals surface area (Å²) in [5, 5.41) is 10.6. The number of hydrogen-bond donors (Lipinski definition) is 1. The van der Waals surface area contributed by atoms with Gasteiger partial charge in [-0.2, -0.15) is 0 Å². The number of aliphatic hydroxyl groups is 1. The standard InChI is InChI=1S/C17H24O/c1-11(2)13-5-7-14(8-6-13)17(18)16-10-12-3-4-15(16)9-12/h5-8,11-12,15-18H,3-4,9-10H2,1-2H3. The van der Waals surface area contributed by atoms with E-state index in [1.165, 1.54) is 31.2 Å². The first-order valence-electron chi connectivity index (χ1n) is 7.43. The molecular weight excluding hydrogens is 220 g/mol. The van der Waals surface area contributed by atoms with Crippen LogP contribution in [-0.2, 0) is 0 Å². The molecule has 0 heterocycles. The van der Waals surface area contributed by atoms with Crippen molar-refractivity contribution in [2.75, 3.05) is 0 Å². The maximum Gasteiger partial charge on any atom is 0.0820 e. The molecule has 3 rings (SSSR count). The van der Waals surface area contributed by atoms with Crippen LogP contribution in [0.3, 0.4) is 0 Å². The van der Waals surface area contributed by atoms with Gasteiger partial charge >= 0.3 is 0 Å². The van der Waals surface area contributed by atoms with Crippen molar-refractivity contribution in [2.24, 2.45) is 17.8 Å². The van der Waals surface area contributed by atoms with Gasteiger partial charge in [0.25, 0.3) is 0 Å². The number of fused-ring (bicyclic) bond motifs is 2. The molecule has 2 bridgehead atoms. The van der Waals surface area contributed by atoms with Crippen molar-refractivity contribution >= 4 is 0 Å². The summed E-state index contributed by atoms with van der Waals surface area (Å²) in [7, 11) is 0. The molecule has 1 aromatic rings. The molecule has 18 heavy (non-hydrogen) atoms. The molecule has 2 aliphatic carbocycles. The fourth-order valence-corrected chi connectivity index (χ4v) is 4.01. The highest BCUT2D eigenvalue weighted by atomic mass is 16.3. The Kier molecular flexibility index (Phi) is 3.19. The van der Waals surface area contributed by atoms with Crippen LogP contribution in [0.15, 0.2) is 24.3 Å². The van der Waals surface area contributed by atoms with E-state index in [1.807, 2.05) is 0 Å². The van der Waals surface area contributed by atoms with Gasteiger partial charge in [0, 0.05) is 0 Å². The Bertz CT molecular complexity index is 406. The second-order valence-corrected chi connectivity index (χ2v) is 6.60. The third-order valence-electron chi connectivity index (χ3n) is 5.14. The lowest BCUT2D eigenvalue weighted by Gasteiger charge is -2.27. The second-order valence-electron chi connectivity index (χ2n) is 6.60. The Hall–Kier alpha value is -0.820. The van der Waals surface area contributed by atoms with Crippen molar-refractivity contribution in [3.05, 3.63) is 35.4 Å². The fourth-order valence-electron chi connectivity index (χ4n) is 4.01. The summed E-state index contributed by atoms with van der Waals surface area (Å²) < 4.78 is 0. The summed E-state index contributed by atoms with van der Waals surface area (Å²) in [6.07, 6.45) is 5.13. The van der Waals surface area contributed by atoms with Crippen molar-refractivity contribution in [1.82, 2.24) is 0 Å². The second kappa shape index (κ2) is 4.70. The first kappa shape index (κ1) is 12.2. The van der Waals surface area contributed by atoms with Crippen LogP contribution < -0.4 is 0 Å². The minimum atomic E-state index is -0.235. The van der Waals surface area contributed by atoms with Crippen molar-refractivity contribution in [3.63, 3.8) is 0 Å². The molecule has 2 fully saturated rings. The Morgan fingerprint density at radius 2 is 1.67 bits per heavy atom. The zero-order valence-corrected chi connectivity index (χ0v) is 11.5. The molecule has 0 aliphatic heterocycles. The van der Waals surface area contributed by atoms with Crippen LogP contribution in [0.5, 0.6) is 0 Å². The van der Waals surface area contributed by atoms with Crippen molar-refractivity contribution in [2.45, 2.75) is 51.6 Å². The molecule has 2 saturated carbocycles. The lowest BCUT2D eigenvalue weighted by Crippen LogP contribution is -2.19. The van der Waals surface area contributed by atoms with Crippen LogP contribution in [-0.4, -0.2) is 5.11 Å². The van der Waals surface area contributed by atoms with Crippen molar-refractivity contribution in [1.29, 1.82) is 0 Å². The van der Waals surface area contributed by atoms with E-state index in [4.69, 9.17) is 0 Å². The molecule has 0 amide bonds. The predicted octanol–water partition coefficient (Wildman–Crippen LogP) is 4.28. The molecule has 0 aromatic heterocycles. The fraction of sp³-hybridized carbons (Fsp3) is 0.647. The van der Waals surface area contributed by atoms with Gasteiger partial charge in [0.15, 0.2) is 0 Å². The first-order chi connectivity index (χ1) is 8.65. The van der Waals surface area contributed by atoms with Crippen molar-refractivity contribution in [3.8, 4) is 0 Å². The van der Waals surface area contributed by atoms with Gasteiger partial charge in [-0.1, -0.05) is 44.5 Å². The highest BCUT2D eigenvalue weighted by Gasteiger charge is 2.42. The molecular formula is C17H24O. The van der Waals surface area contributed by atoms with E-state index in [-0.39, 0.29) is 6.10 Å². The Morgan fingerprint density at radius 1 is 1.00 bits per heavy atom. The number of rotatable bonds is 3. The molecule has 0 radical (unpaired) electrons. The Morgan fingerprint density at radius 3 is 2.17 bits per heavy atom. The van der Waals surface area contributed by atoms with E-state index in [2.05, 4.69) is 38.1 Å². The van der Waals surface area contributed by atoms with Gasteiger partial charge in [0.05, 0.1) is 6.10 Å². The van der Waals surface area contributed by atoms with Gasteiger partial charge in [-0.25, -0.2) is 0 Å². The van der Waals surface area contributed by atoms with Gasteiger partial charge in [-0.05, 0) is 54.1 Å². The summed E-state index contributed by atoms with van der Waals surface area (Å²) in [4.78, 5) is 0. The predicted molar refractivity (Wildman–Crippen MR) is 74.4 cm³/mol. The summed E-state index contributed by atoms with van der Waals surface area (Å²) in [5.74, 6) is 2.78. The molecule has 0 spiro atoms. The van der Waals surface area contributed by atoms with Crippen LogP contribution >= 0.6 is 0 Å². The molecule has 0 saturated heterocycles. The van der Waals surface area contributed by atoms with Gasteiger partial charge < -0.3 is 5.11 Å². The third kappa shape index (κ3) is 2.09. The first-order valence-corrected chi connectivity index (χ1v) is 7.43. The highest BCUT2D eigenvalue weighted by molar-refractivity contribution is 5.26. The van der Waals surface area contributed by atoms with Crippen molar-refractivity contribution < 1.29 is 5.11 Å². The van der Waals surface area contributed by atoms with Crippen LogP contribution in [0.1, 0.15) is 62.7 Å². The lowest BCUT2D eigenvalue weighted by molar-refractivity contribution is 0.0745. The Labute approximate surface area is 110 Å². The topological polar surface area (TPSA) is 20.2 Å². The van der Waals surface area contributed by atoms with Gasteiger partial charge in [-0.15, -0.1) is 0 Å². The molecule has 98 valence electrons. The Balaban J connectivity index is 1.74. The maximum absolute atomic E-state index is 10.6. The van der Waals surface area contributed by atoms with E-state index in [1.54, 1.807) is 0 Å². The SMILES string of the molecule is CC(C)c1ccc(C(O)C2CC3CCC2C3)cc1. The van der Waals surface area contributed by atoms with E-state index < -0.39 is 0 Å². The third-order valence-corrected chi connectivity index (χ3v) is 5.14. The van der Waals surface area contributed by atoms with E-state index >= 15 is 0 Å². The number of benzene rings is 1. The zero-order valence-electron chi connectivity index (χ0n) is 11.5. The van der Waals surface area contributed by atoms with Crippen LogP contribution in [0.4, 0.5) is 0 Å². The molecule has 1 heteroatoms. The van der Waals surface area contributed by atoms with E-state index in [0.717, 1.165) is 17.4 Å². The van der Waals surface area contributed by atoms with Gasteiger partial charge in [0.1, 0.15) is 0 Å². The summed E-state index contributed by atoms with van der Waals surface area (Å²) in [5.41, 5.74) is 2.48. The molecule has 4 unspecified atom stereocenters. The van der Waals surface area contributed by atoms with Crippen LogP contribution in [0.2, 0.25) is 0 Å². The number of hydrogen-bond acceptors (Lipinski definition) is 1. The molecule has 2 aliphatic rings. The summed E-state index contributed by atoms with van der Waals surface area (Å²) in [6.45, 7) is 4.42. The minimum absolute atomic E-state index is 0.235. The molecule has 1 aromatic carbocycles. The van der Waals surface area contributed by atoms with Crippen LogP contribution in [0.25, 0.3) is 0 Å². The van der Waals surface area contributed by atoms with Gasteiger partial charge in [-0.3, -0.25) is 0 Å².